The van der Waals surface area contributed by atoms with E-state index in [-0.39, 0.29) is 35.3 Å². The number of carbonyl (C=O) groups excluding carboxylic acids is 2. The van der Waals surface area contributed by atoms with E-state index in [1.807, 2.05) is 18.5 Å². The van der Waals surface area contributed by atoms with Crippen molar-refractivity contribution in [3.05, 3.63) is 41.8 Å². The second kappa shape index (κ2) is 9.51. The van der Waals surface area contributed by atoms with E-state index < -0.39 is 5.82 Å². The van der Waals surface area contributed by atoms with E-state index in [4.69, 9.17) is 4.74 Å². The molecule has 1 saturated heterocycles. The molecule has 2 aromatic heterocycles. The molecule has 0 atom stereocenters. The van der Waals surface area contributed by atoms with Crippen LogP contribution in [0.4, 0.5) is 9.18 Å². The summed E-state index contributed by atoms with van der Waals surface area (Å²) in [5.41, 5.74) is 2.32. The number of amides is 2. The molecular weight excluding hydrogens is 427 g/mol. The van der Waals surface area contributed by atoms with E-state index in [1.54, 1.807) is 36.2 Å². The van der Waals surface area contributed by atoms with Gasteiger partial charge in [-0.15, -0.1) is 5.10 Å². The highest BCUT2D eigenvalue weighted by atomic mass is 19.1. The Morgan fingerprint density at radius 1 is 1.24 bits per heavy atom. The number of ether oxygens (including phenoxy) is 1. The van der Waals surface area contributed by atoms with Gasteiger partial charge in [0.25, 0.3) is 5.91 Å². The molecule has 1 fully saturated rings. The summed E-state index contributed by atoms with van der Waals surface area (Å²) in [6, 6.07) is 6.10. The molecule has 3 aromatic rings. The minimum atomic E-state index is -0.529. The van der Waals surface area contributed by atoms with Crippen molar-refractivity contribution in [2.45, 2.75) is 45.8 Å². The maximum atomic E-state index is 14.7. The summed E-state index contributed by atoms with van der Waals surface area (Å²) < 4.78 is 21.8. The normalized spacial score (nSPS) is 14.6. The lowest BCUT2D eigenvalue weighted by molar-refractivity contribution is 0.0654. The van der Waals surface area contributed by atoms with Crippen molar-refractivity contribution in [3.63, 3.8) is 0 Å². The zero-order valence-corrected chi connectivity index (χ0v) is 18.9. The van der Waals surface area contributed by atoms with E-state index in [9.17, 15) is 14.0 Å². The smallest absolute Gasteiger partial charge is 0.410 e. The number of rotatable bonds is 5. The van der Waals surface area contributed by atoms with Gasteiger partial charge in [-0.1, -0.05) is 5.21 Å². The summed E-state index contributed by atoms with van der Waals surface area (Å²) in [5, 5.41) is 11.2. The van der Waals surface area contributed by atoms with E-state index >= 15 is 0 Å². The van der Waals surface area contributed by atoms with Gasteiger partial charge in [0.1, 0.15) is 16.9 Å². The SMILES string of the molecule is CCNC(=O)c1ccc(-c2cc3nnn(C4CCN(C(=O)OC(C)C)CC4)c3cn2)c(F)c1. The van der Waals surface area contributed by atoms with Gasteiger partial charge in [0.15, 0.2) is 0 Å². The number of carbonyl (C=O) groups is 2. The zero-order chi connectivity index (χ0) is 23.5. The highest BCUT2D eigenvalue weighted by Crippen LogP contribution is 2.28. The molecular formula is C23H27FN6O3. The topological polar surface area (TPSA) is 102 Å². The highest BCUT2D eigenvalue weighted by molar-refractivity contribution is 5.94. The van der Waals surface area contributed by atoms with Crippen LogP contribution in [-0.4, -0.2) is 62.6 Å². The van der Waals surface area contributed by atoms with Crippen LogP contribution in [0.1, 0.15) is 50.0 Å². The van der Waals surface area contributed by atoms with E-state index in [1.165, 1.54) is 6.07 Å². The van der Waals surface area contributed by atoms with Gasteiger partial charge in [-0.2, -0.15) is 0 Å². The van der Waals surface area contributed by atoms with Gasteiger partial charge in [0.2, 0.25) is 0 Å². The second-order valence-corrected chi connectivity index (χ2v) is 8.30. The maximum absolute atomic E-state index is 14.7. The minimum Gasteiger partial charge on any atom is -0.447 e. The molecule has 2 amide bonds. The van der Waals surface area contributed by atoms with Crippen LogP contribution < -0.4 is 5.32 Å². The summed E-state index contributed by atoms with van der Waals surface area (Å²) in [4.78, 5) is 30.2. The third kappa shape index (κ3) is 4.79. The lowest BCUT2D eigenvalue weighted by atomic mass is 10.1. The fourth-order valence-electron chi connectivity index (χ4n) is 3.95. The number of benzene rings is 1. The zero-order valence-electron chi connectivity index (χ0n) is 18.9. The Hall–Kier alpha value is -3.56. The number of likely N-dealkylation sites (tertiary alicyclic amines) is 1. The van der Waals surface area contributed by atoms with Crippen molar-refractivity contribution in [2.75, 3.05) is 19.6 Å². The Balaban J connectivity index is 1.51. The van der Waals surface area contributed by atoms with Gasteiger partial charge in [-0.3, -0.25) is 9.78 Å². The van der Waals surface area contributed by atoms with Crippen molar-refractivity contribution in [3.8, 4) is 11.3 Å². The van der Waals surface area contributed by atoms with Crippen LogP contribution in [0.3, 0.4) is 0 Å². The van der Waals surface area contributed by atoms with Crippen LogP contribution >= 0.6 is 0 Å². The Morgan fingerprint density at radius 2 is 2.00 bits per heavy atom. The van der Waals surface area contributed by atoms with Gasteiger partial charge in [0.05, 0.1) is 24.0 Å². The molecule has 1 N–H and O–H groups in total. The lowest BCUT2D eigenvalue weighted by Gasteiger charge is -2.31. The molecule has 10 heteroatoms. The summed E-state index contributed by atoms with van der Waals surface area (Å²) in [6.07, 6.45) is 2.65. The molecule has 0 unspecified atom stereocenters. The van der Waals surface area contributed by atoms with Crippen molar-refractivity contribution in [1.29, 1.82) is 0 Å². The molecule has 1 aromatic carbocycles. The van der Waals surface area contributed by atoms with E-state index in [0.29, 0.717) is 30.8 Å². The fourth-order valence-corrected chi connectivity index (χ4v) is 3.95. The van der Waals surface area contributed by atoms with Crippen molar-refractivity contribution >= 4 is 23.0 Å². The number of aromatic nitrogens is 4. The minimum absolute atomic E-state index is 0.0823. The third-order valence-corrected chi connectivity index (χ3v) is 5.61. The first-order chi connectivity index (χ1) is 15.9. The van der Waals surface area contributed by atoms with Crippen LogP contribution in [0, 0.1) is 5.82 Å². The first-order valence-corrected chi connectivity index (χ1v) is 11.1. The molecule has 4 rings (SSSR count). The Labute approximate surface area is 190 Å². The number of piperidine rings is 1. The summed E-state index contributed by atoms with van der Waals surface area (Å²) in [7, 11) is 0. The molecule has 0 aliphatic carbocycles. The summed E-state index contributed by atoms with van der Waals surface area (Å²) in [6.45, 7) is 7.09. The van der Waals surface area contributed by atoms with E-state index in [2.05, 4.69) is 20.6 Å². The fraction of sp³-hybridized carbons (Fsp3) is 0.435. The molecule has 3 heterocycles. The van der Waals surface area contributed by atoms with Crippen LogP contribution in [0.15, 0.2) is 30.5 Å². The largest absolute Gasteiger partial charge is 0.447 e. The molecule has 0 spiro atoms. The van der Waals surface area contributed by atoms with Gasteiger partial charge in [0, 0.05) is 30.8 Å². The predicted octanol–water partition coefficient (Wildman–Crippen LogP) is 3.56. The number of hydrogen-bond acceptors (Lipinski definition) is 6. The number of nitrogens with one attached hydrogen (secondary N) is 1. The van der Waals surface area contributed by atoms with Gasteiger partial charge in [-0.05, 0) is 57.9 Å². The number of fused-ring (bicyclic) bond motifs is 1. The first-order valence-electron chi connectivity index (χ1n) is 11.1. The van der Waals surface area contributed by atoms with Crippen molar-refractivity contribution in [2.24, 2.45) is 0 Å². The van der Waals surface area contributed by atoms with Crippen LogP contribution in [0.5, 0.6) is 0 Å². The third-order valence-electron chi connectivity index (χ3n) is 5.61. The Kier molecular flexibility index (Phi) is 6.52. The molecule has 1 aliphatic rings. The van der Waals surface area contributed by atoms with Crippen molar-refractivity contribution < 1.29 is 18.7 Å². The number of nitrogens with zero attached hydrogens (tertiary/aromatic N) is 5. The van der Waals surface area contributed by atoms with Crippen molar-refractivity contribution in [1.82, 2.24) is 30.2 Å². The Bertz CT molecular complexity index is 1170. The van der Waals surface area contributed by atoms with Gasteiger partial charge in [-0.25, -0.2) is 13.9 Å². The average Bonchev–Trinajstić information content (AvgIpc) is 3.22. The highest BCUT2D eigenvalue weighted by Gasteiger charge is 2.27. The monoisotopic (exact) mass is 454 g/mol. The summed E-state index contributed by atoms with van der Waals surface area (Å²) >= 11 is 0. The number of hydrogen-bond donors (Lipinski definition) is 1. The molecule has 1 aliphatic heterocycles. The molecule has 0 radical (unpaired) electrons. The molecule has 9 nitrogen and oxygen atoms in total. The average molecular weight is 455 g/mol. The predicted molar refractivity (Wildman–Crippen MR) is 120 cm³/mol. The van der Waals surface area contributed by atoms with Gasteiger partial charge >= 0.3 is 6.09 Å². The van der Waals surface area contributed by atoms with Crippen LogP contribution in [-0.2, 0) is 4.74 Å². The molecule has 0 saturated carbocycles. The van der Waals surface area contributed by atoms with Crippen LogP contribution in [0.25, 0.3) is 22.3 Å². The first kappa shape index (κ1) is 22.6. The number of pyridine rings is 1. The maximum Gasteiger partial charge on any atom is 0.410 e. The molecule has 174 valence electrons. The lowest BCUT2D eigenvalue weighted by Crippen LogP contribution is -2.40. The van der Waals surface area contributed by atoms with Gasteiger partial charge < -0.3 is 15.0 Å². The second-order valence-electron chi connectivity index (χ2n) is 8.30. The molecule has 0 bridgehead atoms. The molecule has 33 heavy (non-hydrogen) atoms. The Morgan fingerprint density at radius 3 is 2.67 bits per heavy atom. The summed E-state index contributed by atoms with van der Waals surface area (Å²) in [5.74, 6) is -0.850. The van der Waals surface area contributed by atoms with E-state index in [0.717, 1.165) is 18.4 Å². The standard InChI is InChI=1S/C23H27FN6O3/c1-4-25-22(31)15-5-6-17(18(24)11-15)19-12-20-21(13-26-19)30(28-27-20)16-7-9-29(10-8-16)23(32)33-14(2)3/h5-6,11-14,16H,4,7-10H2,1-3H3,(H,25,31). The van der Waals surface area contributed by atoms with Crippen LogP contribution in [0.2, 0.25) is 0 Å². The quantitative estimate of drug-likeness (QED) is 0.632. The number of halogens is 1.